The molecule has 0 fully saturated rings. The summed E-state index contributed by atoms with van der Waals surface area (Å²) in [5.41, 5.74) is -0.905. The van der Waals surface area contributed by atoms with Crippen LogP contribution in [-0.2, 0) is 9.53 Å². The van der Waals surface area contributed by atoms with Gasteiger partial charge in [0.2, 0.25) is 5.90 Å². The zero-order valence-electron chi connectivity index (χ0n) is 14.6. The summed E-state index contributed by atoms with van der Waals surface area (Å²) >= 11 is 0. The highest BCUT2D eigenvalue weighted by Crippen LogP contribution is 2.27. The number of nitrogens with zero attached hydrogens (tertiary/aromatic N) is 1. The Morgan fingerprint density at radius 3 is 2.70 bits per heavy atom. The summed E-state index contributed by atoms with van der Waals surface area (Å²) in [6, 6.07) is 6.70. The Balaban J connectivity index is 2.12. The van der Waals surface area contributed by atoms with Gasteiger partial charge in [0.25, 0.3) is 5.91 Å². The topological polar surface area (TPSA) is 80.2 Å². The lowest BCUT2D eigenvalue weighted by Gasteiger charge is -2.21. The molecular formula is C18H21F3N2O4. The molecular weight excluding hydrogens is 365 g/mol. The number of nitrogens with one attached hydrogen (secondary N) is 1. The lowest BCUT2D eigenvalue weighted by atomic mass is 9.96. The second-order valence-corrected chi connectivity index (χ2v) is 5.98. The summed E-state index contributed by atoms with van der Waals surface area (Å²) in [7, 11) is 0. The quantitative estimate of drug-likeness (QED) is 0.504. The van der Waals surface area contributed by atoms with Crippen LogP contribution in [0.25, 0.3) is 0 Å². The number of aliphatic hydroxyl groups excluding tert-OH is 1. The van der Waals surface area contributed by atoms with Crippen LogP contribution in [0.3, 0.4) is 0 Å². The molecule has 27 heavy (non-hydrogen) atoms. The average Bonchev–Trinajstić information content (AvgIpc) is 3.06. The van der Waals surface area contributed by atoms with E-state index in [2.05, 4.69) is 11.6 Å². The second kappa shape index (κ2) is 8.90. The zero-order valence-corrected chi connectivity index (χ0v) is 14.6. The SMILES string of the molecule is C=CC[C@]1(C(=O)NCC(F)(F)F)COC(c2ccc(OCCCO)cc2)=N1. The fourth-order valence-electron chi connectivity index (χ4n) is 2.44. The molecule has 0 saturated carbocycles. The minimum absolute atomic E-state index is 0.0323. The first-order valence-corrected chi connectivity index (χ1v) is 8.32. The van der Waals surface area contributed by atoms with Crippen molar-refractivity contribution in [3.8, 4) is 5.75 Å². The highest BCUT2D eigenvalue weighted by Gasteiger charge is 2.44. The number of rotatable bonds is 9. The summed E-state index contributed by atoms with van der Waals surface area (Å²) in [5.74, 6) is -0.106. The van der Waals surface area contributed by atoms with E-state index in [0.29, 0.717) is 24.3 Å². The summed E-state index contributed by atoms with van der Waals surface area (Å²) < 4.78 is 48.0. The Morgan fingerprint density at radius 2 is 2.11 bits per heavy atom. The number of hydrogen-bond donors (Lipinski definition) is 2. The van der Waals surface area contributed by atoms with Crippen LogP contribution in [0.2, 0.25) is 0 Å². The molecule has 1 aromatic rings. The van der Waals surface area contributed by atoms with Crippen LogP contribution in [0.5, 0.6) is 5.75 Å². The van der Waals surface area contributed by atoms with E-state index in [0.717, 1.165) is 0 Å². The molecule has 0 saturated heterocycles. The van der Waals surface area contributed by atoms with Crippen LogP contribution in [0.15, 0.2) is 41.9 Å². The van der Waals surface area contributed by atoms with Gasteiger partial charge in [0.15, 0.2) is 5.54 Å². The molecule has 1 aliphatic heterocycles. The molecule has 0 unspecified atom stereocenters. The fourth-order valence-corrected chi connectivity index (χ4v) is 2.44. The summed E-state index contributed by atoms with van der Waals surface area (Å²) in [6.07, 6.45) is -2.54. The number of ether oxygens (including phenoxy) is 2. The third-order valence-electron chi connectivity index (χ3n) is 3.79. The Bertz CT molecular complexity index is 689. The van der Waals surface area contributed by atoms with Crippen molar-refractivity contribution in [2.45, 2.75) is 24.6 Å². The molecule has 1 aromatic carbocycles. The smallest absolute Gasteiger partial charge is 0.405 e. The van der Waals surface area contributed by atoms with Gasteiger partial charge in [-0.1, -0.05) is 6.08 Å². The predicted molar refractivity (Wildman–Crippen MR) is 92.7 cm³/mol. The highest BCUT2D eigenvalue weighted by molar-refractivity contribution is 6.00. The molecule has 2 N–H and O–H groups in total. The first kappa shape index (κ1) is 20.8. The third kappa shape index (κ3) is 5.72. The van der Waals surface area contributed by atoms with Gasteiger partial charge in [-0.15, -0.1) is 6.58 Å². The number of carbonyl (C=O) groups is 1. The normalized spacial score (nSPS) is 19.2. The Hall–Kier alpha value is -2.55. The van der Waals surface area contributed by atoms with E-state index in [9.17, 15) is 18.0 Å². The molecule has 0 aliphatic carbocycles. The van der Waals surface area contributed by atoms with Crippen molar-refractivity contribution in [3.63, 3.8) is 0 Å². The van der Waals surface area contributed by atoms with Crippen molar-refractivity contribution in [2.75, 3.05) is 26.4 Å². The largest absolute Gasteiger partial charge is 0.494 e. The van der Waals surface area contributed by atoms with Gasteiger partial charge in [0, 0.05) is 25.0 Å². The fraction of sp³-hybridized carbons (Fsp3) is 0.444. The summed E-state index contributed by atoms with van der Waals surface area (Å²) in [4.78, 5) is 16.6. The molecule has 2 rings (SSSR count). The van der Waals surface area contributed by atoms with Gasteiger partial charge in [-0.3, -0.25) is 4.79 Å². The van der Waals surface area contributed by atoms with Crippen LogP contribution in [-0.4, -0.2) is 55.0 Å². The van der Waals surface area contributed by atoms with Crippen LogP contribution in [0.4, 0.5) is 13.2 Å². The van der Waals surface area contributed by atoms with Crippen molar-refractivity contribution in [1.29, 1.82) is 0 Å². The molecule has 0 bridgehead atoms. The molecule has 1 aliphatic rings. The maximum Gasteiger partial charge on any atom is 0.405 e. The third-order valence-corrected chi connectivity index (χ3v) is 3.79. The molecule has 1 heterocycles. The van der Waals surface area contributed by atoms with Crippen LogP contribution in [0, 0.1) is 0 Å². The molecule has 1 amide bonds. The monoisotopic (exact) mass is 386 g/mol. The van der Waals surface area contributed by atoms with Gasteiger partial charge < -0.3 is 19.9 Å². The van der Waals surface area contributed by atoms with Gasteiger partial charge in [-0.2, -0.15) is 13.2 Å². The number of hydrogen-bond acceptors (Lipinski definition) is 5. The number of halogens is 3. The van der Waals surface area contributed by atoms with Gasteiger partial charge in [0.1, 0.15) is 18.9 Å². The van der Waals surface area contributed by atoms with Crippen molar-refractivity contribution < 1.29 is 32.5 Å². The van der Waals surface area contributed by atoms with E-state index >= 15 is 0 Å². The molecule has 6 nitrogen and oxygen atoms in total. The second-order valence-electron chi connectivity index (χ2n) is 5.98. The number of amides is 1. The van der Waals surface area contributed by atoms with Crippen LogP contribution >= 0.6 is 0 Å². The van der Waals surface area contributed by atoms with Gasteiger partial charge in [-0.05, 0) is 24.3 Å². The highest BCUT2D eigenvalue weighted by atomic mass is 19.4. The zero-order chi connectivity index (χ0) is 19.9. The average molecular weight is 386 g/mol. The minimum Gasteiger partial charge on any atom is -0.494 e. The number of aliphatic hydroxyl groups is 1. The molecule has 9 heteroatoms. The number of benzene rings is 1. The first-order valence-electron chi connectivity index (χ1n) is 8.32. The molecule has 0 radical (unpaired) electrons. The first-order chi connectivity index (χ1) is 12.8. The number of aliphatic imine (C=N–C) groups is 1. The van der Waals surface area contributed by atoms with Crippen molar-refractivity contribution >= 4 is 11.8 Å². The molecule has 148 valence electrons. The summed E-state index contributed by atoms with van der Waals surface area (Å²) in [5, 5.41) is 10.6. The van der Waals surface area contributed by atoms with E-state index in [1.807, 2.05) is 5.32 Å². The van der Waals surface area contributed by atoms with Crippen LogP contribution in [0.1, 0.15) is 18.4 Å². The standard InChI is InChI=1S/C18H21F3N2O4/c1-2-8-17(16(25)22-11-18(19,20)21)12-27-15(23-17)13-4-6-14(7-5-13)26-10-3-9-24/h2,4-7,24H,1,3,8-12H2,(H,22,25)/t17-/m1/s1. The lowest BCUT2D eigenvalue weighted by molar-refractivity contribution is -0.141. The molecule has 0 spiro atoms. The van der Waals surface area contributed by atoms with E-state index in [1.54, 1.807) is 24.3 Å². The van der Waals surface area contributed by atoms with Crippen molar-refractivity contribution in [1.82, 2.24) is 5.32 Å². The maximum atomic E-state index is 12.4. The van der Waals surface area contributed by atoms with Crippen LogP contribution < -0.4 is 10.1 Å². The van der Waals surface area contributed by atoms with E-state index in [4.69, 9.17) is 14.6 Å². The lowest BCUT2D eigenvalue weighted by Crippen LogP contribution is -2.49. The number of alkyl halides is 3. The molecule has 1 atom stereocenters. The predicted octanol–water partition coefficient (Wildman–Crippen LogP) is 2.22. The van der Waals surface area contributed by atoms with Crippen molar-refractivity contribution in [3.05, 3.63) is 42.5 Å². The molecule has 0 aromatic heterocycles. The Labute approximate surface area is 154 Å². The minimum atomic E-state index is -4.51. The van der Waals surface area contributed by atoms with Crippen molar-refractivity contribution in [2.24, 2.45) is 4.99 Å². The van der Waals surface area contributed by atoms with Gasteiger partial charge >= 0.3 is 6.18 Å². The number of carbonyl (C=O) groups excluding carboxylic acids is 1. The maximum absolute atomic E-state index is 12.4. The van der Waals surface area contributed by atoms with Gasteiger partial charge in [-0.25, -0.2) is 4.99 Å². The van der Waals surface area contributed by atoms with E-state index in [1.165, 1.54) is 6.08 Å². The van der Waals surface area contributed by atoms with E-state index in [-0.39, 0.29) is 25.5 Å². The van der Waals surface area contributed by atoms with Gasteiger partial charge in [0.05, 0.1) is 6.61 Å². The summed E-state index contributed by atoms with van der Waals surface area (Å²) in [6.45, 7) is 2.34. The Morgan fingerprint density at radius 1 is 1.41 bits per heavy atom. The Kier molecular flexibility index (Phi) is 6.84. The van der Waals surface area contributed by atoms with E-state index < -0.39 is 24.2 Å².